The number of aliphatic imine (C=N–C) groups is 1. The third-order valence-electron chi connectivity index (χ3n) is 4.48. The first kappa shape index (κ1) is 22.4. The number of rotatable bonds is 7. The van der Waals surface area contributed by atoms with Crippen molar-refractivity contribution in [1.82, 2.24) is 15.5 Å². The molecule has 4 nitrogen and oxygen atoms in total. The van der Waals surface area contributed by atoms with Crippen LogP contribution in [0.4, 0.5) is 0 Å². The summed E-state index contributed by atoms with van der Waals surface area (Å²) in [5.74, 6) is 0.948. The van der Waals surface area contributed by atoms with Gasteiger partial charge >= 0.3 is 0 Å². The summed E-state index contributed by atoms with van der Waals surface area (Å²) >= 11 is 1.81. The lowest BCUT2D eigenvalue weighted by Gasteiger charge is -2.32. The topological polar surface area (TPSA) is 39.7 Å². The fourth-order valence-corrected chi connectivity index (χ4v) is 3.82. The van der Waals surface area contributed by atoms with Crippen LogP contribution in [0.2, 0.25) is 0 Å². The Morgan fingerprint density at radius 1 is 1.44 bits per heavy atom. The number of hydrogen-bond donors (Lipinski definition) is 2. The van der Waals surface area contributed by atoms with E-state index in [0.717, 1.165) is 51.5 Å². The minimum Gasteiger partial charge on any atom is -0.357 e. The smallest absolute Gasteiger partial charge is 0.191 e. The lowest BCUT2D eigenvalue weighted by Crippen LogP contribution is -2.49. The van der Waals surface area contributed by atoms with E-state index in [1.165, 1.54) is 4.88 Å². The maximum atomic E-state index is 4.86. The maximum Gasteiger partial charge on any atom is 0.191 e. The van der Waals surface area contributed by atoms with Crippen molar-refractivity contribution in [3.05, 3.63) is 35.0 Å². The molecule has 0 bridgehead atoms. The third-order valence-corrected chi connectivity index (χ3v) is 5.72. The van der Waals surface area contributed by atoms with Gasteiger partial charge in [-0.15, -0.1) is 41.9 Å². The monoisotopic (exact) mass is 476 g/mol. The van der Waals surface area contributed by atoms with Gasteiger partial charge in [0.15, 0.2) is 5.96 Å². The molecule has 2 N–H and O–H groups in total. The zero-order valence-electron chi connectivity index (χ0n) is 15.8. The Morgan fingerprint density at radius 3 is 2.72 bits per heavy atom. The molecule has 0 spiro atoms. The summed E-state index contributed by atoms with van der Waals surface area (Å²) in [6, 6.07) is 4.83. The van der Waals surface area contributed by atoms with Crippen LogP contribution in [0.25, 0.3) is 0 Å². The number of thiophene rings is 1. The second-order valence-corrected chi connectivity index (χ2v) is 8.01. The third kappa shape index (κ3) is 7.27. The molecule has 25 heavy (non-hydrogen) atoms. The molecule has 0 amide bonds. The second kappa shape index (κ2) is 11.2. The van der Waals surface area contributed by atoms with E-state index in [4.69, 9.17) is 4.99 Å². The SMILES string of the molecule is C=CCN1CCC(NC(=NCC(C)(C)c2cccs2)NCC)CC1.I. The summed E-state index contributed by atoms with van der Waals surface area (Å²) in [6.45, 7) is 15.4. The average Bonchev–Trinajstić information content (AvgIpc) is 3.10. The first-order valence-corrected chi connectivity index (χ1v) is 9.85. The van der Waals surface area contributed by atoms with Crippen LogP contribution in [-0.4, -0.2) is 49.6 Å². The fraction of sp³-hybridized carbons (Fsp3) is 0.632. The van der Waals surface area contributed by atoms with Crippen molar-refractivity contribution in [1.29, 1.82) is 0 Å². The highest BCUT2D eigenvalue weighted by atomic mass is 127. The lowest BCUT2D eigenvalue weighted by atomic mass is 9.92. The van der Waals surface area contributed by atoms with Gasteiger partial charge < -0.3 is 10.6 Å². The largest absolute Gasteiger partial charge is 0.357 e. The Kier molecular flexibility index (Phi) is 10.0. The molecule has 0 aromatic carbocycles. The molecule has 2 heterocycles. The van der Waals surface area contributed by atoms with E-state index in [1.54, 1.807) is 0 Å². The minimum atomic E-state index is 0. The molecule has 1 aromatic rings. The summed E-state index contributed by atoms with van der Waals surface area (Å²) in [6.07, 6.45) is 4.31. The van der Waals surface area contributed by atoms with Crippen LogP contribution in [-0.2, 0) is 5.41 Å². The molecular formula is C19H33IN4S. The molecular weight excluding hydrogens is 443 g/mol. The molecule has 1 aliphatic heterocycles. The van der Waals surface area contributed by atoms with Gasteiger partial charge in [0, 0.05) is 42.5 Å². The molecule has 0 aliphatic carbocycles. The van der Waals surface area contributed by atoms with Crippen molar-refractivity contribution >= 4 is 41.3 Å². The van der Waals surface area contributed by atoms with Crippen LogP contribution >= 0.6 is 35.3 Å². The van der Waals surface area contributed by atoms with Crippen molar-refractivity contribution in [3.63, 3.8) is 0 Å². The molecule has 1 aromatic heterocycles. The van der Waals surface area contributed by atoms with Gasteiger partial charge in [-0.25, -0.2) is 0 Å². The first-order valence-electron chi connectivity index (χ1n) is 8.97. The van der Waals surface area contributed by atoms with Gasteiger partial charge in [0.05, 0.1) is 6.54 Å². The first-order chi connectivity index (χ1) is 11.5. The Balaban J connectivity index is 0.00000312. The van der Waals surface area contributed by atoms with Gasteiger partial charge in [-0.2, -0.15) is 0 Å². The molecule has 1 aliphatic rings. The maximum absolute atomic E-state index is 4.86. The van der Waals surface area contributed by atoms with Gasteiger partial charge in [-0.3, -0.25) is 9.89 Å². The van der Waals surface area contributed by atoms with E-state index in [-0.39, 0.29) is 29.4 Å². The number of nitrogens with zero attached hydrogens (tertiary/aromatic N) is 2. The summed E-state index contributed by atoms with van der Waals surface area (Å²) in [5, 5.41) is 9.16. The van der Waals surface area contributed by atoms with E-state index in [2.05, 4.69) is 60.4 Å². The summed E-state index contributed by atoms with van der Waals surface area (Å²) in [4.78, 5) is 8.70. The van der Waals surface area contributed by atoms with E-state index >= 15 is 0 Å². The van der Waals surface area contributed by atoms with E-state index in [0.29, 0.717) is 6.04 Å². The molecule has 1 saturated heterocycles. The Hall–Kier alpha value is -0.600. The van der Waals surface area contributed by atoms with Gasteiger partial charge in [0.25, 0.3) is 0 Å². The van der Waals surface area contributed by atoms with Gasteiger partial charge in [-0.1, -0.05) is 26.0 Å². The van der Waals surface area contributed by atoms with E-state index in [9.17, 15) is 0 Å². The second-order valence-electron chi connectivity index (χ2n) is 7.06. The lowest BCUT2D eigenvalue weighted by molar-refractivity contribution is 0.225. The van der Waals surface area contributed by atoms with Gasteiger partial charge in [0.1, 0.15) is 0 Å². The minimum absolute atomic E-state index is 0. The zero-order chi connectivity index (χ0) is 17.4. The zero-order valence-corrected chi connectivity index (χ0v) is 18.9. The number of halogens is 1. The molecule has 1 fully saturated rings. The molecule has 0 atom stereocenters. The summed E-state index contributed by atoms with van der Waals surface area (Å²) < 4.78 is 0. The predicted molar refractivity (Wildman–Crippen MR) is 122 cm³/mol. The standard InChI is InChI=1S/C19H32N4S.HI/c1-5-11-23-12-9-16(10-13-23)22-18(20-6-2)21-15-19(3,4)17-8-7-14-24-17;/h5,7-8,14,16H,1,6,9-13,15H2,2-4H3,(H2,20,21,22);1H. The van der Waals surface area contributed by atoms with Crippen molar-refractivity contribution in [3.8, 4) is 0 Å². The van der Waals surface area contributed by atoms with Crippen LogP contribution in [0.1, 0.15) is 38.5 Å². The van der Waals surface area contributed by atoms with Crippen LogP contribution in [0.5, 0.6) is 0 Å². The Bertz CT molecular complexity index is 520. The van der Waals surface area contributed by atoms with Crippen LogP contribution in [0.3, 0.4) is 0 Å². The summed E-state index contributed by atoms with van der Waals surface area (Å²) in [5.41, 5.74) is 0.0733. The van der Waals surface area contributed by atoms with Gasteiger partial charge in [0.2, 0.25) is 0 Å². The quantitative estimate of drug-likeness (QED) is 0.272. The molecule has 2 rings (SSSR count). The molecule has 0 radical (unpaired) electrons. The van der Waals surface area contributed by atoms with Crippen LogP contribution in [0.15, 0.2) is 35.2 Å². The Morgan fingerprint density at radius 2 is 2.16 bits per heavy atom. The number of piperidine rings is 1. The Labute approximate surface area is 174 Å². The highest BCUT2D eigenvalue weighted by Crippen LogP contribution is 2.27. The van der Waals surface area contributed by atoms with Crippen molar-refractivity contribution in [2.75, 3.05) is 32.7 Å². The normalized spacial score (nSPS) is 17.0. The van der Waals surface area contributed by atoms with Crippen molar-refractivity contribution < 1.29 is 0 Å². The van der Waals surface area contributed by atoms with E-state index in [1.807, 2.05) is 17.4 Å². The number of hydrogen-bond acceptors (Lipinski definition) is 3. The van der Waals surface area contributed by atoms with E-state index < -0.39 is 0 Å². The number of nitrogens with one attached hydrogen (secondary N) is 2. The molecule has 6 heteroatoms. The number of likely N-dealkylation sites (tertiary alicyclic amines) is 1. The summed E-state index contributed by atoms with van der Waals surface area (Å²) in [7, 11) is 0. The van der Waals surface area contributed by atoms with Crippen LogP contribution < -0.4 is 10.6 Å². The highest BCUT2D eigenvalue weighted by molar-refractivity contribution is 14.0. The molecule has 0 unspecified atom stereocenters. The van der Waals surface area contributed by atoms with Crippen LogP contribution in [0, 0.1) is 0 Å². The molecule has 142 valence electrons. The predicted octanol–water partition coefficient (Wildman–Crippen LogP) is 3.85. The highest BCUT2D eigenvalue weighted by Gasteiger charge is 2.23. The number of guanidine groups is 1. The molecule has 0 saturated carbocycles. The van der Waals surface area contributed by atoms with Gasteiger partial charge in [-0.05, 0) is 31.2 Å². The van der Waals surface area contributed by atoms with Crippen molar-refractivity contribution in [2.24, 2.45) is 4.99 Å². The fourth-order valence-electron chi connectivity index (χ4n) is 2.97. The average molecular weight is 476 g/mol. The van der Waals surface area contributed by atoms with Crippen molar-refractivity contribution in [2.45, 2.75) is 45.1 Å².